The summed E-state index contributed by atoms with van der Waals surface area (Å²) in [7, 11) is 0. The number of rotatable bonds is 6. The van der Waals surface area contributed by atoms with Crippen molar-refractivity contribution >= 4 is 5.78 Å². The number of ketones is 1. The van der Waals surface area contributed by atoms with Crippen molar-refractivity contribution in [2.45, 2.75) is 40.7 Å². The molecule has 0 saturated heterocycles. The average Bonchev–Trinajstić information content (AvgIpc) is 2.06. The molecule has 3 heteroatoms. The first-order valence-corrected chi connectivity index (χ1v) is 4.93. The van der Waals surface area contributed by atoms with E-state index in [1.54, 1.807) is 0 Å². The predicted molar refractivity (Wildman–Crippen MR) is 58.1 cm³/mol. The van der Waals surface area contributed by atoms with E-state index >= 15 is 0 Å². The van der Waals surface area contributed by atoms with Crippen LogP contribution in [0.1, 0.15) is 36.0 Å². The third kappa shape index (κ3) is 18.5. The monoisotopic (exact) mass is 191 g/mol. The summed E-state index contributed by atoms with van der Waals surface area (Å²) < 4.78 is 5.03. The van der Waals surface area contributed by atoms with Gasteiger partial charge in [-0.1, -0.05) is 27.7 Å². The summed E-state index contributed by atoms with van der Waals surface area (Å²) in [6, 6.07) is 0.482. The van der Waals surface area contributed by atoms with Crippen LogP contribution in [0.5, 0.6) is 0 Å². The van der Waals surface area contributed by atoms with Gasteiger partial charge in [0, 0.05) is 14.0 Å². The largest absolute Gasteiger partial charge is 0.372 e. The molecular formula is C10H25NO2. The first-order chi connectivity index (χ1) is 6.13. The van der Waals surface area contributed by atoms with Crippen molar-refractivity contribution in [3.8, 4) is 0 Å². The molecule has 0 rings (SSSR count). The van der Waals surface area contributed by atoms with Crippen LogP contribution in [-0.4, -0.2) is 31.6 Å². The van der Waals surface area contributed by atoms with Gasteiger partial charge in [-0.25, -0.2) is 0 Å². The predicted octanol–water partition coefficient (Wildman–Crippen LogP) is 1.86. The molecule has 0 heterocycles. The van der Waals surface area contributed by atoms with Gasteiger partial charge in [0.25, 0.3) is 0 Å². The first kappa shape index (κ1) is 15.1. The van der Waals surface area contributed by atoms with Crippen LogP contribution in [0.3, 0.4) is 0 Å². The van der Waals surface area contributed by atoms with Crippen molar-refractivity contribution < 1.29 is 11.0 Å². The Kier molecular flexibility index (Phi) is 13.4. The van der Waals surface area contributed by atoms with Crippen LogP contribution in [0, 0.1) is 0 Å². The van der Waals surface area contributed by atoms with Crippen LogP contribution < -0.4 is 5.32 Å². The zero-order chi connectivity index (χ0) is 10.7. The van der Waals surface area contributed by atoms with E-state index in [1.807, 2.05) is 13.8 Å². The lowest BCUT2D eigenvalue weighted by molar-refractivity contribution is -0.121. The van der Waals surface area contributed by atoms with Crippen LogP contribution in [0.15, 0.2) is 0 Å². The summed E-state index contributed by atoms with van der Waals surface area (Å²) >= 11 is 0. The smallest absolute Gasteiger partial charge is 0.155 e. The van der Waals surface area contributed by atoms with Crippen LogP contribution in [-0.2, 0) is 9.53 Å². The molecule has 0 aromatic rings. The van der Waals surface area contributed by atoms with Gasteiger partial charge >= 0.3 is 0 Å². The number of carbonyl (C=O) groups excluding carboxylic acids is 1. The van der Waals surface area contributed by atoms with Gasteiger partial charge in [-0.15, -0.1) is 0 Å². The molecule has 0 aliphatic rings. The minimum Gasteiger partial charge on any atom is -0.372 e. The van der Waals surface area contributed by atoms with E-state index in [4.69, 9.17) is 4.74 Å². The Balaban J connectivity index is -0.000000376. The summed E-state index contributed by atoms with van der Waals surface area (Å²) in [5.41, 5.74) is 0. The Morgan fingerprint density at radius 3 is 2.38 bits per heavy atom. The molecule has 1 N–H and O–H groups in total. The Hall–Kier alpha value is -0.410. The van der Waals surface area contributed by atoms with Gasteiger partial charge in [0.1, 0.15) is 6.61 Å². The summed E-state index contributed by atoms with van der Waals surface area (Å²) in [6.07, 6.45) is 0. The molecule has 3 nitrogen and oxygen atoms in total. The third-order valence-corrected chi connectivity index (χ3v) is 1.10. The standard InChI is InChI=1S/C8H17NO2.C2H6.H2/c1-7(2)9-4-5-11-6-8(3)10;1-2;/h7,9H,4-6H2,1-3H3;1-2H3;1H. The fraction of sp³-hybridized carbons (Fsp3) is 0.900. The van der Waals surface area contributed by atoms with Crippen molar-refractivity contribution in [3.63, 3.8) is 0 Å². The van der Waals surface area contributed by atoms with Gasteiger partial charge in [-0.3, -0.25) is 4.79 Å². The number of nitrogens with one attached hydrogen (secondary N) is 1. The van der Waals surface area contributed by atoms with E-state index in [0.29, 0.717) is 12.6 Å². The quantitative estimate of drug-likeness (QED) is 0.651. The maximum atomic E-state index is 10.4. The number of ether oxygens (including phenoxy) is 1. The van der Waals surface area contributed by atoms with E-state index in [1.165, 1.54) is 6.92 Å². The summed E-state index contributed by atoms with van der Waals surface area (Å²) in [6.45, 7) is 11.3. The minimum absolute atomic E-state index is 0. The number of carbonyl (C=O) groups is 1. The fourth-order valence-corrected chi connectivity index (χ4v) is 0.636. The maximum Gasteiger partial charge on any atom is 0.155 e. The topological polar surface area (TPSA) is 38.3 Å². The van der Waals surface area contributed by atoms with Crippen molar-refractivity contribution in [1.82, 2.24) is 5.32 Å². The Bertz CT molecular complexity index is 119. The van der Waals surface area contributed by atoms with Crippen LogP contribution >= 0.6 is 0 Å². The van der Waals surface area contributed by atoms with Crippen LogP contribution in [0.2, 0.25) is 0 Å². The van der Waals surface area contributed by atoms with Gasteiger partial charge < -0.3 is 10.1 Å². The van der Waals surface area contributed by atoms with Gasteiger partial charge in [0.2, 0.25) is 0 Å². The lowest BCUT2D eigenvalue weighted by Crippen LogP contribution is -2.27. The molecule has 0 radical (unpaired) electrons. The van der Waals surface area contributed by atoms with Crippen LogP contribution in [0.4, 0.5) is 0 Å². The van der Waals surface area contributed by atoms with E-state index < -0.39 is 0 Å². The third-order valence-electron chi connectivity index (χ3n) is 1.10. The molecule has 0 aromatic heterocycles. The van der Waals surface area contributed by atoms with Gasteiger partial charge in [-0.05, 0) is 6.92 Å². The van der Waals surface area contributed by atoms with Crippen molar-refractivity contribution in [2.24, 2.45) is 0 Å². The lowest BCUT2D eigenvalue weighted by Gasteiger charge is -2.07. The van der Waals surface area contributed by atoms with E-state index in [9.17, 15) is 4.79 Å². The highest BCUT2D eigenvalue weighted by Gasteiger charge is 1.93. The Morgan fingerprint density at radius 1 is 1.46 bits per heavy atom. The Labute approximate surface area is 83.3 Å². The molecule has 0 aliphatic carbocycles. The number of hydrogen-bond donors (Lipinski definition) is 1. The number of Topliss-reactive ketones (excluding diaryl/α,β-unsaturated/α-hetero) is 1. The zero-order valence-corrected chi connectivity index (χ0v) is 9.52. The van der Waals surface area contributed by atoms with Crippen LogP contribution in [0.25, 0.3) is 0 Å². The van der Waals surface area contributed by atoms with Crippen molar-refractivity contribution in [2.75, 3.05) is 19.8 Å². The van der Waals surface area contributed by atoms with E-state index in [2.05, 4.69) is 19.2 Å². The molecule has 13 heavy (non-hydrogen) atoms. The van der Waals surface area contributed by atoms with E-state index in [-0.39, 0.29) is 13.8 Å². The molecule has 0 spiro atoms. The summed E-state index contributed by atoms with van der Waals surface area (Å²) in [4.78, 5) is 10.4. The maximum absolute atomic E-state index is 10.4. The highest BCUT2D eigenvalue weighted by molar-refractivity contribution is 5.76. The molecule has 0 atom stereocenters. The number of hydrogen-bond acceptors (Lipinski definition) is 3. The average molecular weight is 191 g/mol. The van der Waals surface area contributed by atoms with Gasteiger partial charge in [-0.2, -0.15) is 0 Å². The summed E-state index contributed by atoms with van der Waals surface area (Å²) in [5.74, 6) is 0.0783. The van der Waals surface area contributed by atoms with Gasteiger partial charge in [0.05, 0.1) is 6.61 Å². The second kappa shape index (κ2) is 11.6. The fourth-order valence-electron chi connectivity index (χ4n) is 0.636. The summed E-state index contributed by atoms with van der Waals surface area (Å²) in [5, 5.41) is 3.18. The minimum atomic E-state index is 0. The zero-order valence-electron chi connectivity index (χ0n) is 9.52. The SMILES string of the molecule is CC.CC(=O)COCCNC(C)C.[HH]. The van der Waals surface area contributed by atoms with E-state index in [0.717, 1.165) is 6.54 Å². The van der Waals surface area contributed by atoms with Crippen molar-refractivity contribution in [3.05, 3.63) is 0 Å². The highest BCUT2D eigenvalue weighted by atomic mass is 16.5. The normalized spacial score (nSPS) is 9.38. The molecule has 0 fully saturated rings. The second-order valence-corrected chi connectivity index (χ2v) is 2.86. The molecule has 0 saturated carbocycles. The molecule has 0 bridgehead atoms. The molecule has 0 aliphatic heterocycles. The molecule has 82 valence electrons. The molecular weight excluding hydrogens is 166 g/mol. The highest BCUT2D eigenvalue weighted by Crippen LogP contribution is 1.78. The first-order valence-electron chi connectivity index (χ1n) is 4.93. The molecule has 0 amide bonds. The lowest BCUT2D eigenvalue weighted by atomic mass is 10.4. The molecule has 0 unspecified atom stereocenters. The van der Waals surface area contributed by atoms with Gasteiger partial charge in [0.15, 0.2) is 5.78 Å². The van der Waals surface area contributed by atoms with Crippen molar-refractivity contribution in [1.29, 1.82) is 0 Å². The second-order valence-electron chi connectivity index (χ2n) is 2.86. The molecule has 0 aromatic carbocycles. The Morgan fingerprint density at radius 2 is 2.00 bits per heavy atom.